The van der Waals surface area contributed by atoms with E-state index < -0.39 is 0 Å². The quantitative estimate of drug-likeness (QED) is 0.0424. The van der Waals surface area contributed by atoms with Crippen LogP contribution in [0.25, 0.3) is 43.7 Å². The van der Waals surface area contributed by atoms with Crippen LogP contribution in [0.3, 0.4) is 0 Å². The fourth-order valence-corrected chi connectivity index (χ4v) is 7.54. The second kappa shape index (κ2) is 22.3. The number of hydrogen-bond donors (Lipinski definition) is 0. The molecular formula is C45H54N4O5S. The smallest absolute Gasteiger partial charge is 0.298 e. The first-order valence-electron chi connectivity index (χ1n) is 19.8. The lowest BCUT2D eigenvalue weighted by Gasteiger charge is -2.26. The van der Waals surface area contributed by atoms with Gasteiger partial charge in [0, 0.05) is 70.8 Å². The zero-order chi connectivity index (χ0) is 38.7. The number of pyridine rings is 3. The Morgan fingerprint density at radius 1 is 0.600 bits per heavy atom. The van der Waals surface area contributed by atoms with Gasteiger partial charge in [-0.2, -0.15) is 0 Å². The highest BCUT2D eigenvalue weighted by Crippen LogP contribution is 2.41. The van der Waals surface area contributed by atoms with Crippen molar-refractivity contribution in [2.45, 2.75) is 97.8 Å². The first-order valence-corrected chi connectivity index (χ1v) is 20.7. The minimum absolute atomic E-state index is 0.287. The van der Waals surface area contributed by atoms with Crippen LogP contribution in [0.5, 0.6) is 17.2 Å². The van der Waals surface area contributed by atoms with Crippen LogP contribution in [0.2, 0.25) is 0 Å². The number of anilines is 1. The summed E-state index contributed by atoms with van der Waals surface area (Å²) in [6.45, 7) is 10.3. The number of unbranched alkanes of at least 4 members (excludes halogenated alkanes) is 9. The van der Waals surface area contributed by atoms with Crippen molar-refractivity contribution < 1.29 is 23.8 Å². The Morgan fingerprint density at radius 3 is 1.87 bits per heavy atom. The Hall–Kier alpha value is -5.09. The molecule has 10 heteroatoms. The summed E-state index contributed by atoms with van der Waals surface area (Å²) >= 11 is 1.71. The maximum absolute atomic E-state index is 11.3. The average Bonchev–Trinajstić information content (AvgIpc) is 3.71. The fourth-order valence-electron chi connectivity index (χ4n) is 6.50. The molecule has 0 radical (unpaired) electrons. The molecular weight excluding hydrogens is 709 g/mol. The lowest BCUT2D eigenvalue weighted by molar-refractivity contribution is -0.121. The Kier molecular flexibility index (Phi) is 16.7. The van der Waals surface area contributed by atoms with Crippen molar-refractivity contribution in [1.82, 2.24) is 15.0 Å². The summed E-state index contributed by atoms with van der Waals surface area (Å²) in [5, 5.41) is 0. The van der Waals surface area contributed by atoms with Gasteiger partial charge in [0.2, 0.25) is 0 Å². The molecule has 0 unspecified atom stereocenters. The van der Waals surface area contributed by atoms with Crippen molar-refractivity contribution >= 4 is 30.0 Å². The summed E-state index contributed by atoms with van der Waals surface area (Å²) in [5.74, 6) is 1.54. The van der Waals surface area contributed by atoms with E-state index in [1.807, 2.05) is 12.1 Å². The molecule has 4 heterocycles. The first kappa shape index (κ1) is 41.1. The summed E-state index contributed by atoms with van der Waals surface area (Å²) in [6, 6.07) is 21.5. The third-order valence-electron chi connectivity index (χ3n) is 9.49. The zero-order valence-electron chi connectivity index (χ0n) is 32.5. The van der Waals surface area contributed by atoms with Crippen molar-refractivity contribution in [3.8, 4) is 60.9 Å². The second-order valence-corrected chi connectivity index (χ2v) is 14.8. The predicted octanol–water partition coefficient (Wildman–Crippen LogP) is 11.6. The van der Waals surface area contributed by atoms with E-state index >= 15 is 0 Å². The van der Waals surface area contributed by atoms with Gasteiger partial charge in [0.1, 0.15) is 17.2 Å². The van der Waals surface area contributed by atoms with Crippen LogP contribution in [-0.2, 0) is 9.59 Å². The van der Waals surface area contributed by atoms with Gasteiger partial charge in [-0.3, -0.25) is 19.6 Å². The molecule has 0 fully saturated rings. The van der Waals surface area contributed by atoms with Gasteiger partial charge in [-0.15, -0.1) is 11.3 Å². The maximum atomic E-state index is 11.3. The molecule has 5 rings (SSSR count). The number of thiophene rings is 1. The van der Waals surface area contributed by atoms with E-state index in [1.54, 1.807) is 41.8 Å². The van der Waals surface area contributed by atoms with Crippen LogP contribution in [0.15, 0.2) is 79.1 Å². The molecule has 0 aliphatic carbocycles. The van der Waals surface area contributed by atoms with Crippen molar-refractivity contribution in [3.05, 3.63) is 79.1 Å². The summed E-state index contributed by atoms with van der Waals surface area (Å²) < 4.78 is 16.8. The Bertz CT molecular complexity index is 1930. The van der Waals surface area contributed by atoms with Crippen molar-refractivity contribution in [2.24, 2.45) is 0 Å². The molecule has 55 heavy (non-hydrogen) atoms. The summed E-state index contributed by atoms with van der Waals surface area (Å²) in [4.78, 5) is 40.8. The molecule has 0 N–H and O–H groups in total. The van der Waals surface area contributed by atoms with E-state index in [9.17, 15) is 9.59 Å². The fraction of sp³-hybridized carbons (Fsp3) is 0.400. The van der Waals surface area contributed by atoms with Crippen LogP contribution in [0.4, 0.5) is 5.69 Å². The van der Waals surface area contributed by atoms with Crippen LogP contribution in [0, 0.1) is 0 Å². The lowest BCUT2D eigenvalue weighted by atomic mass is 10.1. The molecule has 0 atom stereocenters. The molecule has 0 amide bonds. The van der Waals surface area contributed by atoms with E-state index in [2.05, 4.69) is 66.0 Å². The van der Waals surface area contributed by atoms with Gasteiger partial charge in [-0.1, -0.05) is 78.6 Å². The van der Waals surface area contributed by atoms with Gasteiger partial charge >= 0.3 is 0 Å². The zero-order valence-corrected chi connectivity index (χ0v) is 33.3. The van der Waals surface area contributed by atoms with E-state index in [0.29, 0.717) is 48.1 Å². The molecule has 290 valence electrons. The van der Waals surface area contributed by atoms with Gasteiger partial charge in [0.25, 0.3) is 12.9 Å². The van der Waals surface area contributed by atoms with Crippen molar-refractivity contribution in [2.75, 3.05) is 24.6 Å². The van der Waals surface area contributed by atoms with Crippen LogP contribution in [0.1, 0.15) is 97.8 Å². The van der Waals surface area contributed by atoms with E-state index in [0.717, 1.165) is 52.6 Å². The van der Waals surface area contributed by atoms with Gasteiger partial charge < -0.3 is 19.1 Å². The monoisotopic (exact) mass is 762 g/mol. The van der Waals surface area contributed by atoms with Crippen molar-refractivity contribution in [3.63, 3.8) is 0 Å². The Balaban J connectivity index is 1.44. The van der Waals surface area contributed by atoms with Gasteiger partial charge in [-0.05, 0) is 67.3 Å². The third-order valence-corrected chi connectivity index (χ3v) is 10.7. The Morgan fingerprint density at radius 2 is 1.20 bits per heavy atom. The summed E-state index contributed by atoms with van der Waals surface area (Å²) in [5.41, 5.74) is 5.30. The molecule has 0 aliphatic heterocycles. The normalized spacial score (nSPS) is 11.0. The maximum Gasteiger partial charge on any atom is 0.298 e. The first-order chi connectivity index (χ1) is 27.1. The lowest BCUT2D eigenvalue weighted by Crippen LogP contribution is -2.25. The standard InChI is InChI=1S/C45H54N4O5S/c1-4-7-10-13-24-49(25-14-11-8-5-2)35-16-17-38(43(28-35)52-26-15-12-9-6-3)45-19-18-44(55-45)34-20-22-46-39(27-34)41-30-37(54-33-51)31-42(48-41)40-29-36(53-32-50)21-23-47-40/h16-23,27-33H,4-15,24-26H2,1-3H3. The molecule has 0 aliphatic rings. The van der Waals surface area contributed by atoms with Crippen LogP contribution in [-0.4, -0.2) is 47.6 Å². The highest BCUT2D eigenvalue weighted by molar-refractivity contribution is 7.18. The summed E-state index contributed by atoms with van der Waals surface area (Å²) in [7, 11) is 0. The van der Waals surface area contributed by atoms with E-state index in [4.69, 9.17) is 19.2 Å². The predicted molar refractivity (Wildman–Crippen MR) is 223 cm³/mol. The van der Waals surface area contributed by atoms with Crippen LogP contribution >= 0.6 is 11.3 Å². The molecule has 1 aromatic carbocycles. The number of aromatic nitrogens is 3. The number of benzene rings is 1. The number of rotatable bonds is 25. The highest BCUT2D eigenvalue weighted by Gasteiger charge is 2.17. The Labute approximate surface area is 330 Å². The minimum atomic E-state index is 0.287. The number of carbonyl (C=O) groups excluding carboxylic acids is 2. The van der Waals surface area contributed by atoms with Gasteiger partial charge in [-0.25, -0.2) is 4.98 Å². The molecule has 0 saturated heterocycles. The average molecular weight is 763 g/mol. The SMILES string of the molecule is CCCCCCOc1cc(N(CCCCCC)CCCCCC)ccc1-c1ccc(-c2ccnc(-c3cc(OC=O)cc(-c4cc(OC=O)ccn4)n3)c2)s1. The molecule has 0 saturated carbocycles. The second-order valence-electron chi connectivity index (χ2n) is 13.7. The van der Waals surface area contributed by atoms with E-state index in [1.165, 1.54) is 76.1 Å². The number of carbonyl (C=O) groups is 2. The summed E-state index contributed by atoms with van der Waals surface area (Å²) in [6.07, 6.45) is 17.8. The third kappa shape index (κ3) is 12.2. The topological polar surface area (TPSA) is 104 Å². The minimum Gasteiger partial charge on any atom is -0.493 e. The molecule has 4 aromatic heterocycles. The largest absolute Gasteiger partial charge is 0.493 e. The van der Waals surface area contributed by atoms with Crippen molar-refractivity contribution in [1.29, 1.82) is 0 Å². The molecule has 9 nitrogen and oxygen atoms in total. The highest BCUT2D eigenvalue weighted by atomic mass is 32.1. The number of nitrogens with zero attached hydrogens (tertiary/aromatic N) is 4. The van der Waals surface area contributed by atoms with Gasteiger partial charge in [0.15, 0.2) is 0 Å². The van der Waals surface area contributed by atoms with E-state index in [-0.39, 0.29) is 5.75 Å². The molecule has 0 bridgehead atoms. The number of hydrogen-bond acceptors (Lipinski definition) is 10. The molecule has 5 aromatic rings. The van der Waals surface area contributed by atoms with Crippen LogP contribution < -0.4 is 19.1 Å². The number of ether oxygens (including phenoxy) is 3. The van der Waals surface area contributed by atoms with Gasteiger partial charge in [0.05, 0.1) is 29.4 Å². The molecule has 0 spiro atoms.